The van der Waals surface area contributed by atoms with E-state index >= 15 is 0 Å². The zero-order valence-corrected chi connectivity index (χ0v) is 66.8. The van der Waals surface area contributed by atoms with Crippen LogP contribution in [0.15, 0.2) is 386 Å². The molecule has 8 aliphatic rings. The predicted molar refractivity (Wildman–Crippen MR) is 427 cm³/mol. The minimum Gasteiger partial charge on any atom is -0.412 e. The Morgan fingerprint density at radius 2 is 0.311 bits per heavy atom. The topological polar surface area (TPSA) is 468 Å². The van der Waals surface area contributed by atoms with Crippen molar-refractivity contribution in [3.8, 4) is 0 Å². The fraction of sp³-hybridized carbons (Fsp3) is 0.0476. The molecule has 119 heavy (non-hydrogen) atoms. The second-order valence-electron chi connectivity index (χ2n) is 23.9. The van der Waals surface area contributed by atoms with E-state index < -0.39 is 44.4 Å². The van der Waals surface area contributed by atoms with Gasteiger partial charge in [0.2, 0.25) is 0 Å². The van der Waals surface area contributed by atoms with Crippen LogP contribution in [0.2, 0.25) is 0 Å². The van der Waals surface area contributed by atoms with Crippen LogP contribution >= 0.6 is 0 Å². The molecular formula is C84H72Co5N12O18. The van der Waals surface area contributed by atoms with E-state index in [9.17, 15) is 78.8 Å². The number of non-ortho nitro benzene ring substituents is 4. The summed E-state index contributed by atoms with van der Waals surface area (Å²) in [7, 11) is 0. The number of rotatable bonds is 24. The quantitative estimate of drug-likeness (QED) is 0.0140. The number of hydrogen-bond acceptors (Lipinski definition) is 24. The number of benzene rings is 4. The Balaban J connectivity index is 0.000000527. The molecule has 30 nitrogen and oxygen atoms in total. The van der Waals surface area contributed by atoms with E-state index in [0.717, 1.165) is 0 Å². The first-order valence-electron chi connectivity index (χ1n) is 34.0. The Bertz CT molecular complexity index is 4390. The van der Waals surface area contributed by atoms with Gasteiger partial charge in [-0.05, 0) is 168 Å². The number of nitro benzene ring substituents is 4. The van der Waals surface area contributed by atoms with Gasteiger partial charge in [0.1, 0.15) is 24.7 Å². The summed E-state index contributed by atoms with van der Waals surface area (Å²) in [5.41, 5.74) is 6.49. The molecule has 621 valence electrons. The average Bonchev–Trinajstić information content (AvgIpc) is 0.859. The van der Waals surface area contributed by atoms with E-state index in [1.165, 1.54) is 97.1 Å². The summed E-state index contributed by atoms with van der Waals surface area (Å²) in [6.45, 7) is 0. The molecule has 8 aliphatic carbocycles. The van der Waals surface area contributed by atoms with Gasteiger partial charge in [0.15, 0.2) is 46.3 Å². The number of carbonyl (C=O) groups excluding carboxylic acids is 8. The molecule has 0 amide bonds. The largest absolute Gasteiger partial charge is 0.412 e. The summed E-state index contributed by atoms with van der Waals surface area (Å²) < 4.78 is 0. The number of nitrogens with zero attached hydrogens (tertiary/aromatic N) is 4. The average molecular weight is 1830 g/mol. The molecular weight excluding hydrogens is 1760 g/mol. The van der Waals surface area contributed by atoms with Crippen LogP contribution in [-0.4, -0.2) is 76.9 Å². The van der Waals surface area contributed by atoms with Crippen LogP contribution in [-0.2, 0) is 122 Å². The maximum absolute atomic E-state index is 11.9. The third kappa shape index (κ3) is 31.5. The van der Waals surface area contributed by atoms with Crippen molar-refractivity contribution in [1.82, 2.24) is 42.5 Å². The molecule has 4 aromatic carbocycles. The summed E-state index contributed by atoms with van der Waals surface area (Å²) in [6.07, 6.45) is 62.9. The SMILES string of the molecule is O.O.O=C1C=CC=CC1=CNC(NC=C1C=CC=CC1=O)c1ccc([N+](=O)[O-])cc1.O=C1C=CC=CC1=CNC(NC=C1C=CC=CC1=O)c1ccc([N+](=O)[O-])cc1.O=C1C=CC=CC1=CNC(NC=C1C=CC=CC1=O)c1ccc([N+](=O)[O-])cc1.O=C1C=CC=CC1=CNC(NC=C1C=CC=CC1=O)c1ccc([N+](=O)[O-])cc1.[Co].[Co].[Co].[Co].[Co]. The summed E-state index contributed by atoms with van der Waals surface area (Å²) >= 11 is 0. The van der Waals surface area contributed by atoms with E-state index in [1.807, 2.05) is 0 Å². The van der Waals surface area contributed by atoms with Gasteiger partial charge in [0, 0.05) is 227 Å². The van der Waals surface area contributed by atoms with Crippen LogP contribution in [0.5, 0.6) is 0 Å². The second kappa shape index (κ2) is 52.1. The zero-order chi connectivity index (χ0) is 79.7. The van der Waals surface area contributed by atoms with Crippen LogP contribution in [0.3, 0.4) is 0 Å². The van der Waals surface area contributed by atoms with Crippen LogP contribution in [0.1, 0.15) is 46.9 Å². The van der Waals surface area contributed by atoms with Crippen molar-refractivity contribution in [2.45, 2.75) is 24.7 Å². The summed E-state index contributed by atoms with van der Waals surface area (Å²) in [6, 6.07) is 24.0. The normalized spacial score (nSPS) is 18.2. The smallest absolute Gasteiger partial charge is 0.269 e. The van der Waals surface area contributed by atoms with Crippen molar-refractivity contribution in [3.63, 3.8) is 0 Å². The van der Waals surface area contributed by atoms with Crippen molar-refractivity contribution in [3.05, 3.63) is 448 Å². The van der Waals surface area contributed by atoms with Gasteiger partial charge in [-0.15, -0.1) is 0 Å². The molecule has 12 N–H and O–H groups in total. The standard InChI is InChI=1S/4C21H17N3O4.5Co.2H2O/c4*25-19-7-3-1-5-16(19)13-22-21(15-9-11-18(12-10-15)24(27)28)23-14-17-6-2-4-8-20(17)26;;;;;;;/h4*1-14,21-23H;;;;;;2*1H2. The number of nitro groups is 4. The Labute approximate surface area is 732 Å². The first-order chi connectivity index (χ1) is 54.2. The summed E-state index contributed by atoms with van der Waals surface area (Å²) in [5.74, 6) is -1.06. The number of ketones is 8. The Morgan fingerprint density at radius 1 is 0.202 bits per heavy atom. The Kier molecular flexibility index (Phi) is 44.5. The molecule has 4 aromatic rings. The molecule has 0 heterocycles. The predicted octanol–water partition coefficient (Wildman–Crippen LogP) is 10.1. The van der Waals surface area contributed by atoms with Crippen LogP contribution < -0.4 is 42.5 Å². The van der Waals surface area contributed by atoms with Gasteiger partial charge in [-0.1, -0.05) is 97.2 Å². The van der Waals surface area contributed by atoms with Crippen LogP contribution in [0, 0.1) is 40.5 Å². The third-order valence-corrected chi connectivity index (χ3v) is 16.3. The Morgan fingerprint density at radius 3 is 0.412 bits per heavy atom. The van der Waals surface area contributed by atoms with Gasteiger partial charge in [-0.2, -0.15) is 0 Å². The van der Waals surface area contributed by atoms with Gasteiger partial charge in [0.25, 0.3) is 22.7 Å². The first-order valence-corrected chi connectivity index (χ1v) is 34.0. The van der Waals surface area contributed by atoms with Crippen LogP contribution in [0.4, 0.5) is 22.7 Å². The molecule has 0 bridgehead atoms. The Hall–Kier alpha value is -13.5. The number of carbonyl (C=O) groups is 8. The maximum Gasteiger partial charge on any atom is 0.269 e. The molecule has 0 unspecified atom stereocenters. The molecule has 35 heteroatoms. The van der Waals surface area contributed by atoms with Crippen molar-refractivity contribution in [2.24, 2.45) is 0 Å². The van der Waals surface area contributed by atoms with E-state index in [1.54, 1.807) is 244 Å². The molecule has 12 rings (SSSR count). The number of nitrogens with one attached hydrogen (secondary N) is 8. The van der Waals surface area contributed by atoms with E-state index in [4.69, 9.17) is 0 Å². The van der Waals surface area contributed by atoms with Crippen molar-refractivity contribution >= 4 is 69.0 Å². The molecule has 0 aromatic heterocycles. The van der Waals surface area contributed by atoms with E-state index in [2.05, 4.69) is 42.5 Å². The molecule has 5 radical (unpaired) electrons. The molecule has 0 fully saturated rings. The molecule has 0 spiro atoms. The van der Waals surface area contributed by atoms with Crippen molar-refractivity contribution in [1.29, 1.82) is 0 Å². The summed E-state index contributed by atoms with van der Waals surface area (Å²) in [4.78, 5) is 137. The zero-order valence-electron chi connectivity index (χ0n) is 61.6. The number of allylic oxidation sites excluding steroid dienone is 40. The van der Waals surface area contributed by atoms with Gasteiger partial charge >= 0.3 is 0 Å². The van der Waals surface area contributed by atoms with Crippen LogP contribution in [0.25, 0.3) is 0 Å². The van der Waals surface area contributed by atoms with Crippen molar-refractivity contribution < 1.29 is 153 Å². The summed E-state index contributed by atoms with van der Waals surface area (Å²) in [5, 5.41) is 68.2. The maximum atomic E-state index is 11.9. The third-order valence-electron chi connectivity index (χ3n) is 16.3. The monoisotopic (exact) mass is 1830 g/mol. The second-order valence-corrected chi connectivity index (χ2v) is 23.9. The number of hydrogen-bond donors (Lipinski definition) is 8. The van der Waals surface area contributed by atoms with E-state index in [-0.39, 0.29) is 164 Å². The first kappa shape index (κ1) is 102. The van der Waals surface area contributed by atoms with Crippen molar-refractivity contribution in [2.75, 3.05) is 0 Å². The minimum absolute atomic E-state index is 0. The minimum atomic E-state index is -0.514. The van der Waals surface area contributed by atoms with Gasteiger partial charge in [-0.25, -0.2) is 0 Å². The molecule has 0 saturated heterocycles. The van der Waals surface area contributed by atoms with E-state index in [0.29, 0.717) is 66.8 Å². The fourth-order valence-electron chi connectivity index (χ4n) is 10.3. The molecule has 0 saturated carbocycles. The van der Waals surface area contributed by atoms with Gasteiger partial charge in [-0.3, -0.25) is 78.8 Å². The molecule has 0 atom stereocenters. The van der Waals surface area contributed by atoms with Gasteiger partial charge < -0.3 is 53.5 Å². The molecule has 0 aliphatic heterocycles. The fourth-order valence-corrected chi connectivity index (χ4v) is 10.3. The van der Waals surface area contributed by atoms with Gasteiger partial charge in [0.05, 0.1) is 19.7 Å².